The van der Waals surface area contributed by atoms with Crippen molar-refractivity contribution in [1.82, 2.24) is 0 Å². The van der Waals surface area contributed by atoms with Crippen molar-refractivity contribution in [3.8, 4) is 0 Å². The van der Waals surface area contributed by atoms with E-state index in [1.54, 1.807) is 0 Å². The zero-order chi connectivity index (χ0) is 76.0. The molecular formula is C85H140O17P2. The summed E-state index contributed by atoms with van der Waals surface area (Å²) in [5.41, 5.74) is 0. The topological polar surface area (TPSA) is 237 Å². The Kier molecular flexibility index (Phi) is 72.0. The standard InChI is InChI=1S/C85H140O17P2/c1-5-9-13-17-21-25-29-33-36-38-39-41-44-47-50-54-58-62-66-70-83(88)95-75-80(101-84(89)71-67-63-59-55-51-45-32-28-24-20-16-12-8-4)77-99-103(91,92)97-73-79(86)74-98-104(93,94)100-78-81(102-85(90)72-68-64-60-56-52-48-42-35-31-27-23-19-15-11-7-3)76-96-82(87)69-65-61-57-53-49-46-43-40-37-34-30-26-22-18-14-10-6-2/h9-11,13-15,21-23,25-27,33-37,39,41-43,46,52-53,56-57,79-81,86H,5-8,12,16-20,24,28-32,38,40,44-45,47-51,54-55,58-78H2,1-4H3,(H,91,92)(H,93,94)/b13-9-,14-10-,15-11-,25-21-,26-22-,27-23-,36-33-,37-34-,41-39-,42-35-,46-43-,56-52-,57-53-. The number of aliphatic hydroxyl groups is 1. The fourth-order valence-electron chi connectivity index (χ4n) is 10.1. The average Bonchev–Trinajstić information content (AvgIpc) is 0.939. The van der Waals surface area contributed by atoms with Crippen LogP contribution in [-0.2, 0) is 65.4 Å². The van der Waals surface area contributed by atoms with E-state index in [0.717, 1.165) is 154 Å². The summed E-state index contributed by atoms with van der Waals surface area (Å²) >= 11 is 0. The van der Waals surface area contributed by atoms with E-state index in [2.05, 4.69) is 174 Å². The van der Waals surface area contributed by atoms with Crippen LogP contribution in [0.5, 0.6) is 0 Å². The molecule has 5 unspecified atom stereocenters. The van der Waals surface area contributed by atoms with Gasteiger partial charge in [0.2, 0.25) is 0 Å². The number of esters is 4. The molecule has 5 atom stereocenters. The first-order chi connectivity index (χ1) is 50.7. The molecule has 0 rings (SSSR count). The Bertz CT molecular complexity index is 2590. The molecule has 592 valence electrons. The molecule has 17 nitrogen and oxygen atoms in total. The number of aliphatic hydroxyl groups excluding tert-OH is 1. The van der Waals surface area contributed by atoms with Crippen molar-refractivity contribution in [3.63, 3.8) is 0 Å². The van der Waals surface area contributed by atoms with Crippen LogP contribution in [0, 0.1) is 0 Å². The Hall–Kier alpha value is -5.32. The number of phosphoric acid groups is 2. The van der Waals surface area contributed by atoms with Crippen LogP contribution in [0.15, 0.2) is 158 Å². The summed E-state index contributed by atoms with van der Waals surface area (Å²) in [4.78, 5) is 73.0. The van der Waals surface area contributed by atoms with E-state index in [-0.39, 0.29) is 25.7 Å². The van der Waals surface area contributed by atoms with Crippen LogP contribution in [0.25, 0.3) is 0 Å². The van der Waals surface area contributed by atoms with Gasteiger partial charge in [-0.3, -0.25) is 37.3 Å². The average molecular weight is 1500 g/mol. The largest absolute Gasteiger partial charge is 0.472 e. The molecule has 0 aromatic rings. The summed E-state index contributed by atoms with van der Waals surface area (Å²) in [5, 5.41) is 10.6. The van der Waals surface area contributed by atoms with Crippen molar-refractivity contribution < 1.29 is 80.2 Å². The molecule has 0 aromatic heterocycles. The van der Waals surface area contributed by atoms with Crippen LogP contribution in [0.1, 0.15) is 297 Å². The van der Waals surface area contributed by atoms with Crippen LogP contribution in [-0.4, -0.2) is 96.7 Å². The van der Waals surface area contributed by atoms with Gasteiger partial charge in [0.25, 0.3) is 0 Å². The zero-order valence-electron chi connectivity index (χ0n) is 64.6. The molecule has 0 saturated carbocycles. The molecule has 19 heteroatoms. The summed E-state index contributed by atoms with van der Waals surface area (Å²) in [6.45, 7) is 4.40. The maximum atomic E-state index is 13.1. The quantitative estimate of drug-likeness (QED) is 0.0169. The van der Waals surface area contributed by atoms with Gasteiger partial charge in [0, 0.05) is 25.7 Å². The van der Waals surface area contributed by atoms with Crippen molar-refractivity contribution in [1.29, 1.82) is 0 Å². The SMILES string of the molecule is CC/C=C\C/C=C\C/C=C\C/C=C\C/C=C\CCCC(=O)OCC(COP(=O)(O)OCC(O)COP(=O)(O)OCC(COC(=O)CCCCCCCC/C=C\C/C=C\C/C=C\C/C=C\CC)OC(=O)CCCCCCCCCCCCCCC)OC(=O)CCCC/C=C\C/C=C\C/C=C\C/C=C\CC. The number of carbonyl (C=O) groups is 4. The van der Waals surface area contributed by atoms with E-state index in [1.165, 1.54) is 51.4 Å². The van der Waals surface area contributed by atoms with Gasteiger partial charge in [-0.2, -0.15) is 0 Å². The van der Waals surface area contributed by atoms with Crippen LogP contribution in [0.3, 0.4) is 0 Å². The first-order valence-electron chi connectivity index (χ1n) is 39.7. The summed E-state index contributed by atoms with van der Waals surface area (Å²) in [6, 6.07) is 0. The summed E-state index contributed by atoms with van der Waals surface area (Å²) in [7, 11) is -10.00. The van der Waals surface area contributed by atoms with Crippen molar-refractivity contribution in [2.45, 2.75) is 316 Å². The van der Waals surface area contributed by atoms with E-state index < -0.39 is 97.5 Å². The van der Waals surface area contributed by atoms with Crippen LogP contribution in [0.4, 0.5) is 0 Å². The Morgan fingerprint density at radius 2 is 0.510 bits per heavy atom. The third kappa shape index (κ3) is 74.9. The van der Waals surface area contributed by atoms with E-state index in [4.69, 9.17) is 37.0 Å². The number of unbranched alkanes of at least 4 members (excludes halogenated alkanes) is 21. The lowest BCUT2D eigenvalue weighted by Gasteiger charge is -2.21. The minimum absolute atomic E-state index is 0.0256. The molecule has 0 aromatic carbocycles. The Labute approximate surface area is 629 Å². The van der Waals surface area contributed by atoms with Gasteiger partial charge in [-0.15, -0.1) is 0 Å². The Morgan fingerprint density at radius 1 is 0.279 bits per heavy atom. The number of allylic oxidation sites excluding steroid dienone is 26. The molecule has 0 aliphatic rings. The van der Waals surface area contributed by atoms with Crippen molar-refractivity contribution in [2.75, 3.05) is 39.6 Å². The van der Waals surface area contributed by atoms with Crippen molar-refractivity contribution in [3.05, 3.63) is 158 Å². The maximum absolute atomic E-state index is 13.1. The van der Waals surface area contributed by atoms with E-state index >= 15 is 0 Å². The zero-order valence-corrected chi connectivity index (χ0v) is 66.4. The van der Waals surface area contributed by atoms with Gasteiger partial charge < -0.3 is 33.8 Å². The van der Waals surface area contributed by atoms with Gasteiger partial charge in [-0.05, 0) is 141 Å². The highest BCUT2D eigenvalue weighted by Gasteiger charge is 2.30. The molecule has 0 bridgehead atoms. The molecule has 0 spiro atoms. The molecule has 0 aliphatic heterocycles. The van der Waals surface area contributed by atoms with Gasteiger partial charge >= 0.3 is 39.5 Å². The monoisotopic (exact) mass is 1490 g/mol. The third-order valence-corrected chi connectivity index (χ3v) is 17.9. The van der Waals surface area contributed by atoms with E-state index in [1.807, 2.05) is 12.2 Å². The molecule has 0 amide bonds. The lowest BCUT2D eigenvalue weighted by molar-refractivity contribution is -0.161. The third-order valence-electron chi connectivity index (χ3n) is 16.0. The number of ether oxygens (including phenoxy) is 4. The Morgan fingerprint density at radius 3 is 0.827 bits per heavy atom. The number of hydrogen-bond acceptors (Lipinski definition) is 15. The molecule has 0 fully saturated rings. The highest BCUT2D eigenvalue weighted by atomic mass is 31.2. The van der Waals surface area contributed by atoms with Gasteiger partial charge in [0.15, 0.2) is 12.2 Å². The number of hydrogen-bond donors (Lipinski definition) is 3. The molecule has 0 saturated heterocycles. The molecule has 104 heavy (non-hydrogen) atoms. The van der Waals surface area contributed by atoms with Gasteiger partial charge in [-0.1, -0.05) is 288 Å². The molecule has 0 heterocycles. The van der Waals surface area contributed by atoms with Crippen LogP contribution >= 0.6 is 15.6 Å². The lowest BCUT2D eigenvalue weighted by atomic mass is 10.0. The summed E-state index contributed by atoms with van der Waals surface area (Å²) in [6.07, 6.45) is 88.1. The molecule has 0 aliphatic carbocycles. The minimum atomic E-state index is -5.01. The summed E-state index contributed by atoms with van der Waals surface area (Å²) in [5.74, 6) is -2.31. The van der Waals surface area contributed by atoms with Gasteiger partial charge in [-0.25, -0.2) is 9.13 Å². The van der Waals surface area contributed by atoms with E-state index in [9.17, 15) is 43.2 Å². The highest BCUT2D eigenvalue weighted by Crippen LogP contribution is 2.45. The first-order valence-corrected chi connectivity index (χ1v) is 42.7. The second-order valence-electron chi connectivity index (χ2n) is 25.9. The Balaban J connectivity index is 5.44. The minimum Gasteiger partial charge on any atom is -0.462 e. The normalized spacial score (nSPS) is 14.7. The summed E-state index contributed by atoms with van der Waals surface area (Å²) < 4.78 is 68.5. The first kappa shape index (κ1) is 98.7. The molecule has 3 N–H and O–H groups in total. The van der Waals surface area contributed by atoms with Crippen LogP contribution in [0.2, 0.25) is 0 Å². The van der Waals surface area contributed by atoms with Gasteiger partial charge in [0.05, 0.1) is 26.4 Å². The van der Waals surface area contributed by atoms with Crippen molar-refractivity contribution >= 4 is 39.5 Å². The highest BCUT2D eigenvalue weighted by molar-refractivity contribution is 7.47. The predicted octanol–water partition coefficient (Wildman–Crippen LogP) is 23.2. The molecule has 0 radical (unpaired) electrons. The molecular weight excluding hydrogens is 1350 g/mol. The fraction of sp³-hybridized carbons (Fsp3) is 0.647. The maximum Gasteiger partial charge on any atom is 0.472 e. The second kappa shape index (κ2) is 75.9. The number of carbonyl (C=O) groups excluding carboxylic acids is 4. The smallest absolute Gasteiger partial charge is 0.462 e. The predicted molar refractivity (Wildman–Crippen MR) is 427 cm³/mol. The van der Waals surface area contributed by atoms with Crippen molar-refractivity contribution in [2.24, 2.45) is 0 Å². The number of rotatable bonds is 73. The lowest BCUT2D eigenvalue weighted by Crippen LogP contribution is -2.30. The second-order valence-corrected chi connectivity index (χ2v) is 28.8. The number of phosphoric ester groups is 2. The van der Waals surface area contributed by atoms with Crippen LogP contribution < -0.4 is 0 Å². The fourth-order valence-corrected chi connectivity index (χ4v) is 11.6. The van der Waals surface area contributed by atoms with E-state index in [0.29, 0.717) is 38.5 Å². The van der Waals surface area contributed by atoms with Gasteiger partial charge in [0.1, 0.15) is 19.3 Å².